The van der Waals surface area contributed by atoms with Crippen molar-refractivity contribution in [3.63, 3.8) is 0 Å². The maximum Gasteiger partial charge on any atom is 0.0700 e. The van der Waals surface area contributed by atoms with E-state index in [1.165, 1.54) is 19.3 Å². The molecule has 11 heavy (non-hydrogen) atoms. The lowest BCUT2D eigenvalue weighted by atomic mass is 10.2. The fraction of sp³-hybridized carbons (Fsp3) is 1.00. The van der Waals surface area contributed by atoms with Crippen LogP contribution in [0.2, 0.25) is 0 Å². The summed E-state index contributed by atoms with van der Waals surface area (Å²) in [5.41, 5.74) is 0. The van der Waals surface area contributed by atoms with Crippen molar-refractivity contribution in [3.8, 4) is 0 Å². The van der Waals surface area contributed by atoms with Crippen LogP contribution in [0.1, 0.15) is 26.2 Å². The van der Waals surface area contributed by atoms with Crippen LogP contribution in [0.15, 0.2) is 0 Å². The second-order valence-corrected chi connectivity index (χ2v) is 3.86. The molecule has 1 N–H and O–H groups in total. The summed E-state index contributed by atoms with van der Waals surface area (Å²) < 4.78 is 5.50. The first kappa shape index (κ1) is 7.56. The Kier molecular flexibility index (Phi) is 2.14. The molecule has 0 bridgehead atoms. The molecule has 3 atom stereocenters. The van der Waals surface area contributed by atoms with Crippen LogP contribution < -0.4 is 5.32 Å². The molecule has 1 saturated heterocycles. The van der Waals surface area contributed by atoms with Gasteiger partial charge >= 0.3 is 0 Å². The van der Waals surface area contributed by atoms with Crippen LogP contribution in [0, 0.1) is 5.92 Å². The molecule has 2 heteroatoms. The topological polar surface area (TPSA) is 21.3 Å². The van der Waals surface area contributed by atoms with Gasteiger partial charge in [-0.2, -0.15) is 0 Å². The van der Waals surface area contributed by atoms with E-state index >= 15 is 0 Å². The minimum absolute atomic E-state index is 0.516. The van der Waals surface area contributed by atoms with Gasteiger partial charge in [-0.05, 0) is 25.2 Å². The highest BCUT2D eigenvalue weighted by Gasteiger charge is 2.32. The molecule has 3 unspecified atom stereocenters. The van der Waals surface area contributed by atoms with Crippen molar-refractivity contribution in [3.05, 3.63) is 0 Å². The first-order valence-electron chi connectivity index (χ1n) is 4.71. The van der Waals surface area contributed by atoms with Gasteiger partial charge in [0.05, 0.1) is 6.10 Å². The smallest absolute Gasteiger partial charge is 0.0700 e. The Morgan fingerprint density at radius 3 is 2.91 bits per heavy atom. The lowest BCUT2D eigenvalue weighted by Gasteiger charge is -2.09. The molecule has 1 aliphatic carbocycles. The van der Waals surface area contributed by atoms with E-state index in [-0.39, 0.29) is 0 Å². The molecule has 0 aromatic heterocycles. The molecule has 2 nitrogen and oxygen atoms in total. The summed E-state index contributed by atoms with van der Waals surface area (Å²) in [5, 5.41) is 3.52. The van der Waals surface area contributed by atoms with Crippen LogP contribution in [-0.4, -0.2) is 25.3 Å². The molecule has 2 fully saturated rings. The molecule has 1 aliphatic heterocycles. The van der Waals surface area contributed by atoms with Gasteiger partial charge in [0, 0.05) is 19.2 Å². The third-order valence-electron chi connectivity index (χ3n) is 2.74. The third kappa shape index (κ3) is 1.94. The van der Waals surface area contributed by atoms with Crippen molar-refractivity contribution in [2.24, 2.45) is 5.92 Å². The van der Waals surface area contributed by atoms with E-state index in [1.807, 2.05) is 0 Å². The first-order chi connectivity index (χ1) is 5.36. The van der Waals surface area contributed by atoms with Crippen LogP contribution in [0.3, 0.4) is 0 Å². The Morgan fingerprint density at radius 1 is 1.55 bits per heavy atom. The highest BCUT2D eigenvalue weighted by atomic mass is 16.5. The van der Waals surface area contributed by atoms with Gasteiger partial charge in [-0.15, -0.1) is 0 Å². The van der Waals surface area contributed by atoms with E-state index < -0.39 is 0 Å². The summed E-state index contributed by atoms with van der Waals surface area (Å²) in [6.45, 7) is 4.36. The van der Waals surface area contributed by atoms with Crippen molar-refractivity contribution >= 4 is 0 Å². The van der Waals surface area contributed by atoms with Crippen molar-refractivity contribution in [2.75, 3.05) is 13.2 Å². The predicted molar refractivity (Wildman–Crippen MR) is 44.5 cm³/mol. The summed E-state index contributed by atoms with van der Waals surface area (Å²) in [5.74, 6) is 0.913. The highest BCUT2D eigenvalue weighted by Crippen LogP contribution is 2.29. The van der Waals surface area contributed by atoms with E-state index in [1.54, 1.807) is 0 Å². The summed E-state index contributed by atoms with van der Waals surface area (Å²) in [7, 11) is 0. The van der Waals surface area contributed by atoms with E-state index in [9.17, 15) is 0 Å². The Bertz CT molecular complexity index is 132. The average Bonchev–Trinajstić information content (AvgIpc) is 2.55. The molecule has 64 valence electrons. The monoisotopic (exact) mass is 155 g/mol. The molecule has 0 spiro atoms. The zero-order chi connectivity index (χ0) is 7.68. The van der Waals surface area contributed by atoms with Crippen molar-refractivity contribution in [1.82, 2.24) is 5.32 Å². The van der Waals surface area contributed by atoms with Crippen LogP contribution in [0.25, 0.3) is 0 Å². The minimum atomic E-state index is 0.516. The van der Waals surface area contributed by atoms with Crippen LogP contribution in [0.5, 0.6) is 0 Å². The maximum absolute atomic E-state index is 5.50. The Balaban J connectivity index is 1.59. The van der Waals surface area contributed by atoms with Gasteiger partial charge in [-0.25, -0.2) is 0 Å². The van der Waals surface area contributed by atoms with Crippen LogP contribution in [0.4, 0.5) is 0 Å². The van der Waals surface area contributed by atoms with Crippen LogP contribution in [-0.2, 0) is 4.74 Å². The largest absolute Gasteiger partial charge is 0.377 e. The second-order valence-electron chi connectivity index (χ2n) is 3.86. The van der Waals surface area contributed by atoms with E-state index in [4.69, 9.17) is 4.74 Å². The maximum atomic E-state index is 5.50. The normalized spacial score (nSPS) is 42.8. The SMILES string of the molecule is CC1CC1NCC1CCCO1. The van der Waals surface area contributed by atoms with Crippen LogP contribution >= 0.6 is 0 Å². The molecule has 1 heterocycles. The summed E-state index contributed by atoms with van der Waals surface area (Å²) in [6, 6.07) is 0.805. The number of rotatable bonds is 3. The molecular formula is C9H17NO. The van der Waals surface area contributed by atoms with Gasteiger partial charge in [-0.1, -0.05) is 6.92 Å². The zero-order valence-electron chi connectivity index (χ0n) is 7.18. The van der Waals surface area contributed by atoms with Gasteiger partial charge in [0.15, 0.2) is 0 Å². The molecule has 2 aliphatic rings. The third-order valence-corrected chi connectivity index (χ3v) is 2.74. The fourth-order valence-corrected chi connectivity index (χ4v) is 1.69. The number of hydrogen-bond donors (Lipinski definition) is 1. The molecule has 0 amide bonds. The number of hydrogen-bond acceptors (Lipinski definition) is 2. The Morgan fingerprint density at radius 2 is 2.36 bits per heavy atom. The molecule has 0 aromatic rings. The Hall–Kier alpha value is -0.0800. The quantitative estimate of drug-likeness (QED) is 0.660. The predicted octanol–water partition coefficient (Wildman–Crippen LogP) is 1.16. The number of nitrogens with one attached hydrogen (secondary N) is 1. The van der Waals surface area contributed by atoms with Crippen molar-refractivity contribution in [2.45, 2.75) is 38.3 Å². The molecule has 2 rings (SSSR count). The summed E-state index contributed by atoms with van der Waals surface area (Å²) in [4.78, 5) is 0. The minimum Gasteiger partial charge on any atom is -0.377 e. The standard InChI is InChI=1S/C9H17NO/c1-7-5-9(7)10-6-8-3-2-4-11-8/h7-10H,2-6H2,1H3. The lowest BCUT2D eigenvalue weighted by molar-refractivity contribution is 0.109. The second kappa shape index (κ2) is 3.11. The Labute approximate surface area is 68.3 Å². The molecular weight excluding hydrogens is 138 g/mol. The van der Waals surface area contributed by atoms with Gasteiger partial charge in [-0.3, -0.25) is 0 Å². The van der Waals surface area contributed by atoms with Gasteiger partial charge in [0.2, 0.25) is 0 Å². The highest BCUT2D eigenvalue weighted by molar-refractivity contribution is 4.90. The zero-order valence-corrected chi connectivity index (χ0v) is 7.18. The average molecular weight is 155 g/mol. The van der Waals surface area contributed by atoms with E-state index in [0.29, 0.717) is 6.10 Å². The van der Waals surface area contributed by atoms with Gasteiger partial charge in [0.25, 0.3) is 0 Å². The molecule has 1 saturated carbocycles. The lowest BCUT2D eigenvalue weighted by Crippen LogP contribution is -2.28. The number of ether oxygens (including phenoxy) is 1. The van der Waals surface area contributed by atoms with Crippen molar-refractivity contribution in [1.29, 1.82) is 0 Å². The molecule has 0 aromatic carbocycles. The fourth-order valence-electron chi connectivity index (χ4n) is 1.69. The summed E-state index contributed by atoms with van der Waals surface area (Å²) in [6.07, 6.45) is 4.40. The van der Waals surface area contributed by atoms with E-state index in [0.717, 1.165) is 25.1 Å². The van der Waals surface area contributed by atoms with Gasteiger partial charge < -0.3 is 10.1 Å². The van der Waals surface area contributed by atoms with E-state index in [2.05, 4.69) is 12.2 Å². The molecule has 0 radical (unpaired) electrons. The summed E-state index contributed by atoms with van der Waals surface area (Å²) >= 11 is 0. The van der Waals surface area contributed by atoms with Gasteiger partial charge in [0.1, 0.15) is 0 Å². The van der Waals surface area contributed by atoms with Crippen molar-refractivity contribution < 1.29 is 4.74 Å². The first-order valence-corrected chi connectivity index (χ1v) is 4.71.